The Kier molecular flexibility index (Phi) is 3.60. The van der Waals surface area contributed by atoms with Gasteiger partial charge in [0.05, 0.1) is 6.42 Å². The lowest BCUT2D eigenvalue weighted by molar-refractivity contribution is -0.137. The average molecular weight is 263 g/mol. The molecule has 0 aliphatic carbocycles. The highest BCUT2D eigenvalue weighted by atomic mass is 19.1. The van der Waals surface area contributed by atoms with Gasteiger partial charge in [-0.1, -0.05) is 6.92 Å². The van der Waals surface area contributed by atoms with Crippen molar-refractivity contribution in [2.75, 3.05) is 0 Å². The van der Waals surface area contributed by atoms with Crippen LogP contribution in [0.4, 0.5) is 4.39 Å². The topological polar surface area (TPSA) is 42.2 Å². The van der Waals surface area contributed by atoms with Gasteiger partial charge in [-0.25, -0.2) is 4.39 Å². The fourth-order valence-electron chi connectivity index (χ4n) is 2.55. The number of carboxylic acids is 1. The van der Waals surface area contributed by atoms with Gasteiger partial charge in [-0.2, -0.15) is 0 Å². The minimum atomic E-state index is -0.820. The van der Waals surface area contributed by atoms with Crippen LogP contribution in [0.25, 0.3) is 10.9 Å². The molecule has 0 amide bonds. The third kappa shape index (κ3) is 2.62. The second-order valence-electron chi connectivity index (χ2n) is 5.24. The van der Waals surface area contributed by atoms with Gasteiger partial charge in [0.1, 0.15) is 5.82 Å². The number of benzene rings is 1. The monoisotopic (exact) mass is 263 g/mol. The molecule has 1 N–H and O–H groups in total. The number of aliphatic carboxylic acids is 1. The van der Waals surface area contributed by atoms with E-state index in [4.69, 9.17) is 5.11 Å². The highest BCUT2D eigenvalue weighted by molar-refractivity contribution is 5.82. The molecule has 0 aliphatic heterocycles. The third-order valence-corrected chi connectivity index (χ3v) is 3.33. The van der Waals surface area contributed by atoms with Gasteiger partial charge in [0, 0.05) is 28.6 Å². The summed E-state index contributed by atoms with van der Waals surface area (Å²) in [5, 5.41) is 9.74. The van der Waals surface area contributed by atoms with Crippen molar-refractivity contribution in [3.63, 3.8) is 0 Å². The lowest BCUT2D eigenvalue weighted by Crippen LogP contribution is -2.11. The first kappa shape index (κ1) is 13.6. The van der Waals surface area contributed by atoms with Gasteiger partial charge < -0.3 is 9.67 Å². The van der Waals surface area contributed by atoms with Crippen molar-refractivity contribution in [2.45, 2.75) is 39.2 Å². The number of halogens is 1. The molecule has 0 saturated heterocycles. The fourth-order valence-corrected chi connectivity index (χ4v) is 2.55. The Balaban J connectivity index is 2.59. The largest absolute Gasteiger partial charge is 0.481 e. The molecule has 4 heteroatoms. The van der Waals surface area contributed by atoms with Crippen LogP contribution < -0.4 is 0 Å². The van der Waals surface area contributed by atoms with Crippen molar-refractivity contribution in [3.05, 3.63) is 35.8 Å². The number of rotatable bonds is 4. The Morgan fingerprint density at radius 3 is 2.58 bits per heavy atom. The lowest BCUT2D eigenvalue weighted by atomic mass is 10.0. The van der Waals surface area contributed by atoms with E-state index in [0.29, 0.717) is 0 Å². The molecule has 19 heavy (non-hydrogen) atoms. The summed E-state index contributed by atoms with van der Waals surface area (Å²) in [5.41, 5.74) is 1.89. The average Bonchev–Trinajstić information content (AvgIpc) is 2.66. The maximum absolute atomic E-state index is 13.3. The van der Waals surface area contributed by atoms with Crippen molar-refractivity contribution in [1.82, 2.24) is 4.57 Å². The summed E-state index contributed by atoms with van der Waals surface area (Å²) < 4.78 is 15.4. The maximum atomic E-state index is 13.3. The van der Waals surface area contributed by atoms with E-state index in [1.165, 1.54) is 12.1 Å². The molecule has 0 saturated carbocycles. The Bertz CT molecular complexity index is 616. The first-order chi connectivity index (χ1) is 8.90. The summed E-state index contributed by atoms with van der Waals surface area (Å²) in [6.45, 7) is 5.97. The molecule has 1 aromatic carbocycles. The van der Waals surface area contributed by atoms with Crippen molar-refractivity contribution >= 4 is 16.9 Å². The van der Waals surface area contributed by atoms with Crippen LogP contribution >= 0.6 is 0 Å². The Hall–Kier alpha value is -1.84. The summed E-state index contributed by atoms with van der Waals surface area (Å²) in [5.74, 6) is -1.19. The van der Waals surface area contributed by atoms with Crippen molar-refractivity contribution in [3.8, 4) is 0 Å². The minimum Gasteiger partial charge on any atom is -0.481 e. The summed E-state index contributed by atoms with van der Waals surface area (Å²) in [6.07, 6.45) is 0.0749. The van der Waals surface area contributed by atoms with Crippen molar-refractivity contribution in [2.24, 2.45) is 0 Å². The van der Waals surface area contributed by atoms with Crippen LogP contribution in [0, 0.1) is 5.82 Å². The zero-order valence-corrected chi connectivity index (χ0v) is 11.4. The number of carbonyl (C=O) groups is 1. The maximum Gasteiger partial charge on any atom is 0.304 e. The van der Waals surface area contributed by atoms with E-state index in [1.54, 1.807) is 6.07 Å². The number of nitrogens with zero attached hydrogens (tertiary/aromatic N) is 1. The molecule has 1 heterocycles. The Labute approximate surface area is 111 Å². The predicted molar refractivity (Wildman–Crippen MR) is 72.9 cm³/mol. The van der Waals surface area contributed by atoms with E-state index in [9.17, 15) is 9.18 Å². The van der Waals surface area contributed by atoms with Crippen LogP contribution in [0.5, 0.6) is 0 Å². The quantitative estimate of drug-likeness (QED) is 0.907. The molecule has 1 atom stereocenters. The first-order valence-electron chi connectivity index (χ1n) is 6.42. The van der Waals surface area contributed by atoms with Crippen molar-refractivity contribution in [1.29, 1.82) is 0 Å². The van der Waals surface area contributed by atoms with Crippen LogP contribution in [-0.2, 0) is 4.79 Å². The molecule has 0 aliphatic rings. The molecule has 1 unspecified atom stereocenters. The van der Waals surface area contributed by atoms with Gasteiger partial charge in [0.15, 0.2) is 0 Å². The number of hydrogen-bond acceptors (Lipinski definition) is 1. The van der Waals surface area contributed by atoms with E-state index in [0.717, 1.165) is 16.6 Å². The second kappa shape index (κ2) is 5.03. The van der Waals surface area contributed by atoms with Gasteiger partial charge in [-0.3, -0.25) is 4.79 Å². The molecule has 0 bridgehead atoms. The van der Waals surface area contributed by atoms with Crippen LogP contribution in [-0.4, -0.2) is 15.6 Å². The van der Waals surface area contributed by atoms with Gasteiger partial charge >= 0.3 is 5.97 Å². The molecule has 2 aromatic rings. The highest BCUT2D eigenvalue weighted by Gasteiger charge is 2.18. The minimum absolute atomic E-state index is 0.0749. The summed E-state index contributed by atoms with van der Waals surface area (Å²) >= 11 is 0. The fraction of sp³-hybridized carbons (Fsp3) is 0.400. The second-order valence-corrected chi connectivity index (χ2v) is 5.24. The van der Waals surface area contributed by atoms with E-state index in [2.05, 4.69) is 4.57 Å². The zero-order chi connectivity index (χ0) is 14.2. The molecular weight excluding hydrogens is 245 g/mol. The van der Waals surface area contributed by atoms with Crippen LogP contribution in [0.15, 0.2) is 24.3 Å². The molecule has 2 rings (SSSR count). The van der Waals surface area contributed by atoms with Crippen LogP contribution in [0.3, 0.4) is 0 Å². The smallest absolute Gasteiger partial charge is 0.304 e. The van der Waals surface area contributed by atoms with Crippen LogP contribution in [0.2, 0.25) is 0 Å². The molecule has 3 nitrogen and oxygen atoms in total. The third-order valence-electron chi connectivity index (χ3n) is 3.33. The molecule has 0 radical (unpaired) electrons. The Morgan fingerprint density at radius 2 is 2.00 bits per heavy atom. The number of hydrogen-bond donors (Lipinski definition) is 1. The predicted octanol–water partition coefficient (Wildman–Crippen LogP) is 3.94. The van der Waals surface area contributed by atoms with Gasteiger partial charge in [-0.15, -0.1) is 0 Å². The van der Waals surface area contributed by atoms with E-state index >= 15 is 0 Å². The SMILES string of the molecule is CC(CC(=O)O)c1cc2cc(F)ccc2n1C(C)C. The molecule has 1 aromatic heterocycles. The van der Waals surface area contributed by atoms with Gasteiger partial charge in [0.25, 0.3) is 0 Å². The van der Waals surface area contributed by atoms with E-state index < -0.39 is 5.97 Å². The Morgan fingerprint density at radius 1 is 1.32 bits per heavy atom. The summed E-state index contributed by atoms with van der Waals surface area (Å²) in [4.78, 5) is 10.9. The number of aromatic nitrogens is 1. The standard InChI is InChI=1S/C15H18FNO2/c1-9(2)17-13-5-4-12(16)7-11(13)8-14(17)10(3)6-15(18)19/h4-5,7-10H,6H2,1-3H3,(H,18,19). The zero-order valence-electron chi connectivity index (χ0n) is 11.4. The van der Waals surface area contributed by atoms with Gasteiger partial charge in [0.2, 0.25) is 0 Å². The van der Waals surface area contributed by atoms with Crippen LogP contribution in [0.1, 0.15) is 44.8 Å². The summed E-state index contributed by atoms with van der Waals surface area (Å²) in [7, 11) is 0. The summed E-state index contributed by atoms with van der Waals surface area (Å²) in [6, 6.07) is 6.78. The number of carboxylic acid groups (broad SMARTS) is 1. The molecule has 102 valence electrons. The van der Waals surface area contributed by atoms with E-state index in [-0.39, 0.29) is 24.2 Å². The highest BCUT2D eigenvalue weighted by Crippen LogP contribution is 2.30. The first-order valence-corrected chi connectivity index (χ1v) is 6.42. The van der Waals surface area contributed by atoms with Crippen molar-refractivity contribution < 1.29 is 14.3 Å². The molecular formula is C15H18FNO2. The van der Waals surface area contributed by atoms with Gasteiger partial charge in [-0.05, 0) is 38.1 Å². The molecule has 0 spiro atoms. The van der Waals surface area contributed by atoms with E-state index in [1.807, 2.05) is 26.8 Å². The lowest BCUT2D eigenvalue weighted by Gasteiger charge is -2.18. The normalized spacial score (nSPS) is 13.1. The number of fused-ring (bicyclic) bond motifs is 1. The molecule has 0 fully saturated rings.